The molecule has 2 aliphatic rings. The van der Waals surface area contributed by atoms with Gasteiger partial charge in [0.2, 0.25) is 0 Å². The third-order valence-corrected chi connectivity index (χ3v) is 10.7. The Bertz CT molecular complexity index is 2460. The van der Waals surface area contributed by atoms with Crippen LogP contribution in [-0.4, -0.2) is 0 Å². The molecule has 50 heavy (non-hydrogen) atoms. The van der Waals surface area contributed by atoms with E-state index in [2.05, 4.69) is 205 Å². The van der Waals surface area contributed by atoms with Gasteiger partial charge in [-0.3, -0.25) is 0 Å². The molecule has 0 saturated heterocycles. The van der Waals surface area contributed by atoms with Crippen molar-refractivity contribution in [2.75, 3.05) is 4.90 Å². The fourth-order valence-electron chi connectivity index (χ4n) is 8.65. The van der Waals surface area contributed by atoms with E-state index in [0.29, 0.717) is 0 Å². The molecule has 0 radical (unpaired) electrons. The molecule has 0 saturated carbocycles. The molecule has 0 fully saturated rings. The molecule has 1 spiro atoms. The minimum atomic E-state index is -0.494. The minimum absolute atomic E-state index is 0.494. The number of rotatable bonds is 4. The zero-order valence-corrected chi connectivity index (χ0v) is 27.5. The molecule has 8 aromatic carbocycles. The lowest BCUT2D eigenvalue weighted by Gasteiger charge is -2.35. The molecule has 0 amide bonds. The molecule has 0 N–H and O–H groups in total. The minimum Gasteiger partial charge on any atom is -0.310 e. The second-order valence-electron chi connectivity index (χ2n) is 13.2. The number of anilines is 3. The number of hydrogen-bond donors (Lipinski definition) is 0. The third kappa shape index (κ3) is 4.14. The summed E-state index contributed by atoms with van der Waals surface area (Å²) in [6, 6.07) is 73.6. The van der Waals surface area contributed by atoms with Crippen LogP contribution in [0.4, 0.5) is 17.1 Å². The summed E-state index contributed by atoms with van der Waals surface area (Å²) in [6.07, 6.45) is 0. The Labute approximate surface area is 293 Å². The third-order valence-electron chi connectivity index (χ3n) is 10.7. The maximum atomic E-state index is 2.49. The molecule has 234 valence electrons. The highest BCUT2D eigenvalue weighted by molar-refractivity contribution is 5.98. The lowest BCUT2D eigenvalue weighted by Crippen LogP contribution is -2.29. The Balaban J connectivity index is 1.26. The van der Waals surface area contributed by atoms with Crippen molar-refractivity contribution in [2.45, 2.75) is 5.41 Å². The lowest BCUT2D eigenvalue weighted by atomic mass is 9.65. The van der Waals surface area contributed by atoms with Crippen LogP contribution in [0.5, 0.6) is 0 Å². The standard InChI is InChI=1S/C49H33N/c1-3-17-36(18-4-1)50(37-19-5-2-6-20-37)38-21-15-16-34(32-38)35-30-31-44-40-23-8-7-22-39(40)41-24-9-12-27-45(41)49(48(44)33-35)46-28-13-10-25-42(46)43-26-11-14-29-47(43)49/h1-33H. The summed E-state index contributed by atoms with van der Waals surface area (Å²) >= 11 is 0. The molecule has 2 aliphatic carbocycles. The normalized spacial score (nSPS) is 13.0. The van der Waals surface area contributed by atoms with Gasteiger partial charge in [0.15, 0.2) is 0 Å². The van der Waals surface area contributed by atoms with Crippen molar-refractivity contribution < 1.29 is 0 Å². The van der Waals surface area contributed by atoms with E-state index in [4.69, 9.17) is 0 Å². The molecule has 1 nitrogen and oxygen atoms in total. The second-order valence-corrected chi connectivity index (χ2v) is 13.2. The Morgan fingerprint density at radius 2 is 0.660 bits per heavy atom. The van der Waals surface area contributed by atoms with Gasteiger partial charge in [0.25, 0.3) is 0 Å². The molecule has 8 aromatic rings. The molecule has 0 aromatic heterocycles. The fraction of sp³-hybridized carbons (Fsp3) is 0.0204. The quantitative estimate of drug-likeness (QED) is 0.186. The van der Waals surface area contributed by atoms with Crippen molar-refractivity contribution in [3.63, 3.8) is 0 Å². The highest BCUT2D eigenvalue weighted by atomic mass is 15.1. The second kappa shape index (κ2) is 11.3. The predicted molar refractivity (Wildman–Crippen MR) is 208 cm³/mol. The van der Waals surface area contributed by atoms with E-state index >= 15 is 0 Å². The smallest absolute Gasteiger partial charge is 0.0725 e. The van der Waals surface area contributed by atoms with Gasteiger partial charge < -0.3 is 4.90 Å². The van der Waals surface area contributed by atoms with Gasteiger partial charge in [0.05, 0.1) is 5.41 Å². The molecule has 0 atom stereocenters. The van der Waals surface area contributed by atoms with Crippen LogP contribution in [0, 0.1) is 0 Å². The van der Waals surface area contributed by atoms with E-state index in [1.165, 1.54) is 66.8 Å². The molecule has 10 rings (SSSR count). The Morgan fingerprint density at radius 1 is 0.260 bits per heavy atom. The van der Waals surface area contributed by atoms with Crippen LogP contribution in [0.25, 0.3) is 44.5 Å². The highest BCUT2D eigenvalue weighted by Gasteiger charge is 2.49. The summed E-state index contributed by atoms with van der Waals surface area (Å²) in [5.41, 5.74) is 18.3. The van der Waals surface area contributed by atoms with Crippen molar-refractivity contribution in [1.29, 1.82) is 0 Å². The zero-order chi connectivity index (χ0) is 33.1. The van der Waals surface area contributed by atoms with Crippen LogP contribution < -0.4 is 4.90 Å². The molecule has 0 heterocycles. The Kier molecular flexibility index (Phi) is 6.47. The van der Waals surface area contributed by atoms with Gasteiger partial charge in [-0.2, -0.15) is 0 Å². The number of nitrogens with zero attached hydrogens (tertiary/aromatic N) is 1. The fourth-order valence-corrected chi connectivity index (χ4v) is 8.65. The van der Waals surface area contributed by atoms with Gasteiger partial charge in [0.1, 0.15) is 0 Å². The van der Waals surface area contributed by atoms with Crippen molar-refractivity contribution >= 4 is 17.1 Å². The highest BCUT2D eigenvalue weighted by Crippen LogP contribution is 2.61. The first-order valence-corrected chi connectivity index (χ1v) is 17.4. The van der Waals surface area contributed by atoms with E-state index in [0.717, 1.165) is 17.1 Å². The largest absolute Gasteiger partial charge is 0.310 e. The Morgan fingerprint density at radius 3 is 1.20 bits per heavy atom. The van der Waals surface area contributed by atoms with Gasteiger partial charge in [-0.05, 0) is 109 Å². The molecular formula is C49H33N. The molecule has 0 unspecified atom stereocenters. The summed E-state index contributed by atoms with van der Waals surface area (Å²) in [4.78, 5) is 2.34. The van der Waals surface area contributed by atoms with E-state index in [9.17, 15) is 0 Å². The van der Waals surface area contributed by atoms with Gasteiger partial charge in [-0.15, -0.1) is 0 Å². The van der Waals surface area contributed by atoms with E-state index in [1.807, 2.05) is 0 Å². The number of para-hydroxylation sites is 2. The molecular weight excluding hydrogens is 603 g/mol. The summed E-state index contributed by atoms with van der Waals surface area (Å²) in [5.74, 6) is 0. The van der Waals surface area contributed by atoms with Gasteiger partial charge >= 0.3 is 0 Å². The van der Waals surface area contributed by atoms with Crippen LogP contribution >= 0.6 is 0 Å². The monoisotopic (exact) mass is 635 g/mol. The maximum absolute atomic E-state index is 2.49. The van der Waals surface area contributed by atoms with E-state index in [1.54, 1.807) is 0 Å². The van der Waals surface area contributed by atoms with Crippen molar-refractivity contribution in [1.82, 2.24) is 0 Å². The van der Waals surface area contributed by atoms with Crippen LogP contribution in [0.3, 0.4) is 0 Å². The van der Waals surface area contributed by atoms with Gasteiger partial charge in [0, 0.05) is 17.1 Å². The van der Waals surface area contributed by atoms with Crippen molar-refractivity contribution in [2.24, 2.45) is 0 Å². The lowest BCUT2D eigenvalue weighted by molar-refractivity contribution is 0.776. The van der Waals surface area contributed by atoms with Crippen molar-refractivity contribution in [3.8, 4) is 44.5 Å². The molecule has 0 bridgehead atoms. The summed E-state index contributed by atoms with van der Waals surface area (Å²) in [7, 11) is 0. The van der Waals surface area contributed by atoms with Gasteiger partial charge in [-0.25, -0.2) is 0 Å². The number of hydrogen-bond acceptors (Lipinski definition) is 1. The zero-order valence-electron chi connectivity index (χ0n) is 27.5. The first-order chi connectivity index (χ1) is 24.8. The maximum Gasteiger partial charge on any atom is 0.0725 e. The average Bonchev–Trinajstić information content (AvgIpc) is 3.44. The molecule has 1 heteroatoms. The van der Waals surface area contributed by atoms with Crippen molar-refractivity contribution in [3.05, 3.63) is 222 Å². The van der Waals surface area contributed by atoms with Gasteiger partial charge in [-0.1, -0.05) is 158 Å². The average molecular weight is 636 g/mol. The predicted octanol–water partition coefficient (Wildman–Crippen LogP) is 12.8. The summed E-state index contributed by atoms with van der Waals surface area (Å²) in [5, 5.41) is 0. The first kappa shape index (κ1) is 28.6. The topological polar surface area (TPSA) is 3.24 Å². The first-order valence-electron chi connectivity index (χ1n) is 17.4. The van der Waals surface area contributed by atoms with Crippen LogP contribution in [0.1, 0.15) is 22.3 Å². The van der Waals surface area contributed by atoms with Crippen LogP contribution in [0.2, 0.25) is 0 Å². The van der Waals surface area contributed by atoms with E-state index < -0.39 is 5.41 Å². The summed E-state index contributed by atoms with van der Waals surface area (Å²) < 4.78 is 0. The number of fused-ring (bicyclic) bond motifs is 12. The SMILES string of the molecule is c1ccc(N(c2ccccc2)c2cccc(-c3ccc4c(c3)C3(c5ccccc5-c5ccccc5-4)c4ccccc4-c4ccccc43)c2)cc1. The Hall–Kier alpha value is -6.44. The van der Waals surface area contributed by atoms with Crippen LogP contribution in [0.15, 0.2) is 200 Å². The van der Waals surface area contributed by atoms with Crippen LogP contribution in [-0.2, 0) is 5.41 Å². The number of benzene rings is 8. The van der Waals surface area contributed by atoms with E-state index in [-0.39, 0.29) is 0 Å². The summed E-state index contributed by atoms with van der Waals surface area (Å²) in [6.45, 7) is 0. The molecule has 0 aliphatic heterocycles.